The first-order valence-electron chi connectivity index (χ1n) is 3.83. The van der Waals surface area contributed by atoms with Crippen LogP contribution in [0.3, 0.4) is 0 Å². The highest BCUT2D eigenvalue weighted by molar-refractivity contribution is 5.89. The molecule has 0 aliphatic carbocycles. The van der Waals surface area contributed by atoms with E-state index in [9.17, 15) is 4.79 Å². The van der Waals surface area contributed by atoms with Crippen molar-refractivity contribution < 1.29 is 14.6 Å². The summed E-state index contributed by atoms with van der Waals surface area (Å²) in [5.41, 5.74) is 0.734. The monoisotopic (exact) mass is 156 g/mol. The van der Waals surface area contributed by atoms with E-state index in [2.05, 4.69) is 0 Å². The molecule has 0 aromatic carbocycles. The van der Waals surface area contributed by atoms with Gasteiger partial charge in [0.1, 0.15) is 6.10 Å². The van der Waals surface area contributed by atoms with Gasteiger partial charge in [-0.1, -0.05) is 13.8 Å². The summed E-state index contributed by atoms with van der Waals surface area (Å²) in [5.74, 6) is -0.756. The Morgan fingerprint density at radius 2 is 2.18 bits per heavy atom. The summed E-state index contributed by atoms with van der Waals surface area (Å²) in [5, 5.41) is 9.16. The van der Waals surface area contributed by atoms with Crippen molar-refractivity contribution in [2.45, 2.75) is 32.8 Å². The van der Waals surface area contributed by atoms with Crippen LogP contribution < -0.4 is 0 Å². The van der Waals surface area contributed by atoms with Crippen LogP contribution in [0, 0.1) is 0 Å². The predicted octanol–water partition coefficient (Wildman–Crippen LogP) is 1.54. The number of carbonyl (C=O) groups excluding carboxylic acids is 1. The summed E-state index contributed by atoms with van der Waals surface area (Å²) in [6, 6.07) is 0. The molecule has 0 aromatic heterocycles. The quantitative estimate of drug-likeness (QED) is 0.617. The van der Waals surface area contributed by atoms with Crippen molar-refractivity contribution in [3.05, 3.63) is 11.3 Å². The average Bonchev–Trinajstić information content (AvgIpc) is 2.28. The molecule has 1 heterocycles. The Kier molecular flexibility index (Phi) is 2.17. The lowest BCUT2D eigenvalue weighted by molar-refractivity contribution is -0.142. The minimum absolute atomic E-state index is 0.181. The maximum atomic E-state index is 10.8. The lowest BCUT2D eigenvalue weighted by Crippen LogP contribution is -2.09. The molecular weight excluding hydrogens is 144 g/mol. The third kappa shape index (κ3) is 1.23. The highest BCUT2D eigenvalue weighted by Crippen LogP contribution is 2.25. The highest BCUT2D eigenvalue weighted by atomic mass is 16.6. The topological polar surface area (TPSA) is 46.5 Å². The van der Waals surface area contributed by atoms with Gasteiger partial charge < -0.3 is 9.84 Å². The molecule has 0 unspecified atom stereocenters. The normalized spacial score (nSPS) is 24.2. The molecule has 1 atom stereocenters. The third-order valence-corrected chi connectivity index (χ3v) is 1.89. The molecule has 62 valence electrons. The van der Waals surface area contributed by atoms with Gasteiger partial charge in [-0.15, -0.1) is 0 Å². The van der Waals surface area contributed by atoms with Gasteiger partial charge in [-0.2, -0.15) is 0 Å². The average molecular weight is 156 g/mol. The van der Waals surface area contributed by atoms with Crippen LogP contribution >= 0.6 is 0 Å². The number of ether oxygens (including phenoxy) is 1. The van der Waals surface area contributed by atoms with Gasteiger partial charge in [-0.3, -0.25) is 0 Å². The molecule has 1 N–H and O–H groups in total. The minimum atomic E-state index is -0.575. The van der Waals surface area contributed by atoms with E-state index in [1.54, 1.807) is 0 Å². The second-order valence-electron chi connectivity index (χ2n) is 2.53. The van der Waals surface area contributed by atoms with Gasteiger partial charge in [0.2, 0.25) is 5.76 Å². The Morgan fingerprint density at radius 1 is 1.55 bits per heavy atom. The van der Waals surface area contributed by atoms with Gasteiger partial charge >= 0.3 is 5.97 Å². The number of cyclic esters (lactones) is 1. The maximum absolute atomic E-state index is 10.8. The lowest BCUT2D eigenvalue weighted by Gasteiger charge is -2.07. The van der Waals surface area contributed by atoms with Crippen LogP contribution in [0.5, 0.6) is 0 Å². The van der Waals surface area contributed by atoms with Crippen molar-refractivity contribution in [1.29, 1.82) is 0 Å². The van der Waals surface area contributed by atoms with E-state index in [-0.39, 0.29) is 11.9 Å². The van der Waals surface area contributed by atoms with Crippen molar-refractivity contribution in [2.75, 3.05) is 0 Å². The molecule has 3 nitrogen and oxygen atoms in total. The van der Waals surface area contributed by atoms with E-state index in [0.29, 0.717) is 6.42 Å². The van der Waals surface area contributed by atoms with Gasteiger partial charge in [0, 0.05) is 5.57 Å². The second-order valence-corrected chi connectivity index (χ2v) is 2.53. The van der Waals surface area contributed by atoms with Crippen molar-refractivity contribution in [3.63, 3.8) is 0 Å². The van der Waals surface area contributed by atoms with Gasteiger partial charge in [-0.05, 0) is 12.8 Å². The van der Waals surface area contributed by atoms with E-state index < -0.39 is 5.97 Å². The number of hydrogen-bond acceptors (Lipinski definition) is 3. The molecule has 1 rings (SSSR count). The summed E-state index contributed by atoms with van der Waals surface area (Å²) >= 11 is 0. The maximum Gasteiger partial charge on any atom is 0.374 e. The number of esters is 1. The fourth-order valence-corrected chi connectivity index (χ4v) is 1.26. The largest absolute Gasteiger partial charge is 0.502 e. The van der Waals surface area contributed by atoms with Crippen molar-refractivity contribution in [2.24, 2.45) is 0 Å². The summed E-state index contributed by atoms with van der Waals surface area (Å²) in [6.45, 7) is 3.82. The van der Waals surface area contributed by atoms with Crippen molar-refractivity contribution in [3.8, 4) is 0 Å². The number of aliphatic hydroxyl groups is 1. The molecule has 0 radical (unpaired) electrons. The second kappa shape index (κ2) is 2.95. The summed E-state index contributed by atoms with van der Waals surface area (Å²) < 4.78 is 4.86. The van der Waals surface area contributed by atoms with E-state index in [1.807, 2.05) is 13.8 Å². The Hall–Kier alpha value is -0.990. The van der Waals surface area contributed by atoms with Crippen LogP contribution in [0.1, 0.15) is 26.7 Å². The van der Waals surface area contributed by atoms with Gasteiger partial charge in [-0.25, -0.2) is 4.79 Å². The zero-order valence-corrected chi connectivity index (χ0v) is 6.76. The van der Waals surface area contributed by atoms with Crippen LogP contribution in [-0.2, 0) is 9.53 Å². The predicted molar refractivity (Wildman–Crippen MR) is 40.1 cm³/mol. The van der Waals surface area contributed by atoms with Crippen LogP contribution in [0.2, 0.25) is 0 Å². The molecule has 0 saturated carbocycles. The number of carbonyl (C=O) groups is 1. The number of hydrogen-bond donors (Lipinski definition) is 1. The van der Waals surface area contributed by atoms with Gasteiger partial charge in [0.25, 0.3) is 0 Å². The Balaban J connectivity index is 2.86. The first-order chi connectivity index (χ1) is 5.20. The fraction of sp³-hybridized carbons (Fsp3) is 0.625. The molecular formula is C8H12O3. The molecule has 0 spiro atoms. The lowest BCUT2D eigenvalue weighted by atomic mass is 10.1. The molecule has 3 heteroatoms. The van der Waals surface area contributed by atoms with Gasteiger partial charge in [0.15, 0.2) is 0 Å². The first-order valence-corrected chi connectivity index (χ1v) is 3.83. The zero-order valence-electron chi connectivity index (χ0n) is 6.76. The van der Waals surface area contributed by atoms with Crippen LogP contribution in [0.15, 0.2) is 11.3 Å². The van der Waals surface area contributed by atoms with E-state index >= 15 is 0 Å². The van der Waals surface area contributed by atoms with E-state index in [4.69, 9.17) is 9.84 Å². The molecule has 1 aliphatic rings. The fourth-order valence-electron chi connectivity index (χ4n) is 1.26. The molecule has 11 heavy (non-hydrogen) atoms. The summed E-state index contributed by atoms with van der Waals surface area (Å²) in [7, 11) is 0. The molecule has 0 saturated heterocycles. The summed E-state index contributed by atoms with van der Waals surface area (Å²) in [4.78, 5) is 10.8. The molecule has 0 fully saturated rings. The third-order valence-electron chi connectivity index (χ3n) is 1.89. The Bertz CT molecular complexity index is 205. The Morgan fingerprint density at radius 3 is 2.55 bits per heavy atom. The molecule has 0 bridgehead atoms. The van der Waals surface area contributed by atoms with E-state index in [0.717, 1.165) is 12.0 Å². The minimum Gasteiger partial charge on any atom is -0.502 e. The standard InChI is InChI=1S/C8H12O3/c1-3-5-6(4-2)11-8(10)7(5)9/h6,9H,3-4H2,1-2H3/t6-/m1/s1. The summed E-state index contributed by atoms with van der Waals surface area (Å²) in [6.07, 6.45) is 1.22. The Labute approximate surface area is 65.7 Å². The molecule has 0 aromatic rings. The SMILES string of the molecule is CCC1=C(O)C(=O)O[C@@H]1CC. The number of aliphatic hydroxyl groups excluding tert-OH is 1. The van der Waals surface area contributed by atoms with Gasteiger partial charge in [0.05, 0.1) is 0 Å². The van der Waals surface area contributed by atoms with Crippen LogP contribution in [-0.4, -0.2) is 17.2 Å². The molecule has 0 amide bonds. The zero-order chi connectivity index (χ0) is 8.43. The number of rotatable bonds is 2. The van der Waals surface area contributed by atoms with Crippen molar-refractivity contribution >= 4 is 5.97 Å². The smallest absolute Gasteiger partial charge is 0.374 e. The van der Waals surface area contributed by atoms with E-state index in [1.165, 1.54) is 0 Å². The van der Waals surface area contributed by atoms with Crippen LogP contribution in [0.25, 0.3) is 0 Å². The molecule has 1 aliphatic heterocycles. The van der Waals surface area contributed by atoms with Crippen LogP contribution in [0.4, 0.5) is 0 Å². The van der Waals surface area contributed by atoms with Crippen molar-refractivity contribution in [1.82, 2.24) is 0 Å². The highest BCUT2D eigenvalue weighted by Gasteiger charge is 2.31. The first kappa shape index (κ1) is 8.11.